The van der Waals surface area contributed by atoms with Gasteiger partial charge in [-0.25, -0.2) is 8.91 Å². The first-order valence-corrected chi connectivity index (χ1v) is 9.01. The molecule has 0 aliphatic rings. The van der Waals surface area contributed by atoms with Gasteiger partial charge in [0.1, 0.15) is 5.82 Å². The van der Waals surface area contributed by atoms with E-state index >= 15 is 0 Å². The van der Waals surface area contributed by atoms with Crippen molar-refractivity contribution in [2.45, 2.75) is 0 Å². The summed E-state index contributed by atoms with van der Waals surface area (Å²) in [6.45, 7) is 0. The first kappa shape index (κ1) is 17.0. The second-order valence-electron chi connectivity index (χ2n) is 5.34. The van der Waals surface area contributed by atoms with E-state index in [9.17, 15) is 9.18 Å². The quantitative estimate of drug-likeness (QED) is 0.511. The molecule has 130 valence electrons. The Morgan fingerprint density at radius 1 is 1.15 bits per heavy atom. The van der Waals surface area contributed by atoms with Crippen molar-refractivity contribution in [3.63, 3.8) is 0 Å². The Hall–Kier alpha value is -2.48. The van der Waals surface area contributed by atoms with Gasteiger partial charge < -0.3 is 0 Å². The molecule has 0 unspecified atom stereocenters. The van der Waals surface area contributed by atoms with Crippen molar-refractivity contribution in [2.75, 3.05) is 5.32 Å². The molecule has 9 heteroatoms. The maximum absolute atomic E-state index is 13.1. The van der Waals surface area contributed by atoms with Gasteiger partial charge in [0.05, 0.1) is 16.3 Å². The number of benzene rings is 2. The second-order valence-corrected chi connectivity index (χ2v) is 7.02. The maximum Gasteiger partial charge on any atom is 0.259 e. The van der Waals surface area contributed by atoms with Crippen molar-refractivity contribution in [3.05, 3.63) is 69.3 Å². The molecule has 0 bridgehead atoms. The number of nitrogens with zero attached hydrogens (tertiary/aromatic N) is 3. The van der Waals surface area contributed by atoms with Gasteiger partial charge in [-0.15, -0.1) is 16.4 Å². The van der Waals surface area contributed by atoms with Crippen LogP contribution in [0.1, 0.15) is 10.4 Å². The molecule has 5 nitrogen and oxygen atoms in total. The predicted octanol–water partition coefficient (Wildman–Crippen LogP) is 5.16. The summed E-state index contributed by atoms with van der Waals surface area (Å²) in [7, 11) is 0. The van der Waals surface area contributed by atoms with Crippen LogP contribution in [0.15, 0.2) is 47.8 Å². The number of halogens is 3. The number of carbonyl (C=O) groups excluding carboxylic acids is 1. The number of thiazole rings is 1. The van der Waals surface area contributed by atoms with Crippen molar-refractivity contribution >= 4 is 51.4 Å². The molecule has 2 aromatic carbocycles. The molecule has 4 aromatic rings. The second kappa shape index (κ2) is 6.68. The minimum Gasteiger partial charge on any atom is -0.289 e. The number of hydrogen-bond acceptors (Lipinski definition) is 4. The third-order valence-corrected chi connectivity index (χ3v) is 5.00. The van der Waals surface area contributed by atoms with E-state index in [4.69, 9.17) is 23.2 Å². The Bertz CT molecular complexity index is 1120. The fourth-order valence-corrected chi connectivity index (χ4v) is 3.60. The summed E-state index contributed by atoms with van der Waals surface area (Å²) in [5.74, 6) is -0.634. The van der Waals surface area contributed by atoms with Crippen molar-refractivity contribution in [1.82, 2.24) is 14.6 Å². The molecule has 26 heavy (non-hydrogen) atoms. The Morgan fingerprint density at radius 2 is 1.92 bits per heavy atom. The van der Waals surface area contributed by atoms with E-state index in [0.29, 0.717) is 9.98 Å². The fraction of sp³-hybridized carbons (Fsp3) is 0. The molecule has 0 saturated heterocycles. The van der Waals surface area contributed by atoms with Gasteiger partial charge >= 0.3 is 0 Å². The average molecular weight is 407 g/mol. The molecule has 4 rings (SSSR count). The van der Waals surface area contributed by atoms with Gasteiger partial charge in [0.25, 0.3) is 11.9 Å². The Kier molecular flexibility index (Phi) is 4.36. The van der Waals surface area contributed by atoms with Crippen LogP contribution in [0.25, 0.3) is 16.2 Å². The summed E-state index contributed by atoms with van der Waals surface area (Å²) in [5, 5.41) is 9.46. The van der Waals surface area contributed by atoms with Gasteiger partial charge in [0.15, 0.2) is 0 Å². The number of carbonyl (C=O) groups is 1. The first-order chi connectivity index (χ1) is 12.5. The van der Waals surface area contributed by atoms with Crippen LogP contribution < -0.4 is 5.32 Å². The molecule has 0 saturated carbocycles. The minimum atomic E-state index is -0.459. The lowest BCUT2D eigenvalue weighted by atomic mass is 10.2. The highest BCUT2D eigenvalue weighted by Crippen LogP contribution is 2.26. The van der Waals surface area contributed by atoms with Crippen LogP contribution in [-0.4, -0.2) is 20.5 Å². The minimum absolute atomic E-state index is 0.140. The van der Waals surface area contributed by atoms with Crippen molar-refractivity contribution < 1.29 is 9.18 Å². The highest BCUT2D eigenvalue weighted by molar-refractivity contribution is 7.15. The average Bonchev–Trinajstić information content (AvgIpc) is 3.18. The summed E-state index contributed by atoms with van der Waals surface area (Å²) in [5.41, 5.74) is 1.77. The van der Waals surface area contributed by atoms with Crippen LogP contribution in [0.3, 0.4) is 0 Å². The van der Waals surface area contributed by atoms with Gasteiger partial charge in [0, 0.05) is 16.0 Å². The molecule has 0 radical (unpaired) electrons. The Labute approximate surface area is 161 Å². The number of fused-ring (bicyclic) bond motifs is 1. The largest absolute Gasteiger partial charge is 0.289 e. The molecule has 2 aromatic heterocycles. The standard InChI is InChI=1S/C17H9Cl2FN4OS/c18-10-3-6-13(19)12(7-10)15(25)21-16-22-17-24(23-16)14(8-26-17)9-1-4-11(20)5-2-9/h1-8H,(H,21,23,25). The number of hydrogen-bond donors (Lipinski definition) is 1. The van der Waals surface area contributed by atoms with Crippen molar-refractivity contribution in [3.8, 4) is 11.3 Å². The highest BCUT2D eigenvalue weighted by Gasteiger charge is 2.16. The van der Waals surface area contributed by atoms with Gasteiger partial charge in [-0.3, -0.25) is 10.1 Å². The van der Waals surface area contributed by atoms with Crippen LogP contribution in [-0.2, 0) is 0 Å². The maximum atomic E-state index is 13.1. The van der Waals surface area contributed by atoms with E-state index in [1.165, 1.54) is 29.5 Å². The third-order valence-electron chi connectivity index (χ3n) is 3.62. The van der Waals surface area contributed by atoms with E-state index < -0.39 is 5.91 Å². The van der Waals surface area contributed by atoms with Crippen LogP contribution in [0.5, 0.6) is 0 Å². The molecule has 1 N–H and O–H groups in total. The summed E-state index contributed by atoms with van der Waals surface area (Å²) in [6.07, 6.45) is 0. The van der Waals surface area contributed by atoms with E-state index in [1.54, 1.807) is 28.8 Å². The van der Waals surface area contributed by atoms with E-state index in [2.05, 4.69) is 15.4 Å². The van der Waals surface area contributed by atoms with E-state index in [0.717, 1.165) is 11.3 Å². The lowest BCUT2D eigenvalue weighted by Crippen LogP contribution is -2.13. The topological polar surface area (TPSA) is 59.3 Å². The van der Waals surface area contributed by atoms with E-state index in [1.807, 2.05) is 5.38 Å². The third kappa shape index (κ3) is 3.16. The number of amides is 1. The molecular weight excluding hydrogens is 398 g/mol. The monoisotopic (exact) mass is 406 g/mol. The summed E-state index contributed by atoms with van der Waals surface area (Å²) < 4.78 is 14.7. The Morgan fingerprint density at radius 3 is 2.69 bits per heavy atom. The molecule has 0 fully saturated rings. The zero-order chi connectivity index (χ0) is 18.3. The number of anilines is 1. The number of rotatable bonds is 3. The van der Waals surface area contributed by atoms with Crippen LogP contribution >= 0.6 is 34.5 Å². The zero-order valence-corrected chi connectivity index (χ0v) is 15.2. The number of nitrogens with one attached hydrogen (secondary N) is 1. The predicted molar refractivity (Wildman–Crippen MR) is 101 cm³/mol. The lowest BCUT2D eigenvalue weighted by molar-refractivity contribution is 0.102. The van der Waals surface area contributed by atoms with Gasteiger partial charge in [-0.05, 0) is 42.5 Å². The van der Waals surface area contributed by atoms with Gasteiger partial charge in [-0.1, -0.05) is 23.2 Å². The smallest absolute Gasteiger partial charge is 0.259 e. The van der Waals surface area contributed by atoms with Crippen molar-refractivity contribution in [1.29, 1.82) is 0 Å². The summed E-state index contributed by atoms with van der Waals surface area (Å²) in [4.78, 5) is 17.3. The molecule has 0 atom stereocenters. The van der Waals surface area contributed by atoms with Gasteiger partial charge in [-0.2, -0.15) is 4.98 Å². The zero-order valence-electron chi connectivity index (χ0n) is 12.9. The highest BCUT2D eigenvalue weighted by atomic mass is 35.5. The van der Waals surface area contributed by atoms with Crippen LogP contribution in [0.2, 0.25) is 10.0 Å². The molecule has 0 spiro atoms. The van der Waals surface area contributed by atoms with Crippen molar-refractivity contribution in [2.24, 2.45) is 0 Å². The first-order valence-electron chi connectivity index (χ1n) is 7.38. The molecule has 2 heterocycles. The van der Waals surface area contributed by atoms with Crippen LogP contribution in [0.4, 0.5) is 10.3 Å². The summed E-state index contributed by atoms with van der Waals surface area (Å²) >= 11 is 13.3. The summed E-state index contributed by atoms with van der Waals surface area (Å²) in [6, 6.07) is 10.7. The molecule has 1 amide bonds. The Balaban J connectivity index is 1.65. The van der Waals surface area contributed by atoms with E-state index in [-0.39, 0.29) is 22.4 Å². The molecule has 0 aliphatic heterocycles. The molecular formula is C17H9Cl2FN4OS. The van der Waals surface area contributed by atoms with Crippen LogP contribution in [0, 0.1) is 5.82 Å². The van der Waals surface area contributed by atoms with Gasteiger partial charge in [0.2, 0.25) is 4.96 Å². The lowest BCUT2D eigenvalue weighted by Gasteiger charge is -2.04. The SMILES string of the molecule is O=C(Nc1nc2scc(-c3ccc(F)cc3)n2n1)c1cc(Cl)ccc1Cl. The fourth-order valence-electron chi connectivity index (χ4n) is 2.39. The normalized spacial score (nSPS) is 11.0. The number of aromatic nitrogens is 3. The molecule has 0 aliphatic carbocycles.